The minimum atomic E-state index is -0.591. The maximum atomic E-state index is 13.7. The zero-order valence-electron chi connectivity index (χ0n) is 25.3. The molecule has 0 N–H and O–H groups in total. The number of nitrogens with zero attached hydrogens (tertiary/aromatic N) is 2. The second-order valence-electron chi connectivity index (χ2n) is 11.5. The van der Waals surface area contributed by atoms with Crippen LogP contribution in [0.5, 0.6) is 11.5 Å². The van der Waals surface area contributed by atoms with E-state index >= 15 is 0 Å². The first kappa shape index (κ1) is 31.3. The van der Waals surface area contributed by atoms with E-state index < -0.39 is 11.6 Å². The van der Waals surface area contributed by atoms with Crippen LogP contribution >= 0.6 is 0 Å². The fraction of sp³-hybridized carbons (Fsp3) is 0.343. The molecule has 0 unspecified atom stereocenters. The molecule has 1 atom stereocenters. The first-order valence-corrected chi connectivity index (χ1v) is 14.5. The van der Waals surface area contributed by atoms with Crippen molar-refractivity contribution in [3.8, 4) is 11.5 Å². The third-order valence-corrected chi connectivity index (χ3v) is 7.09. The van der Waals surface area contributed by atoms with Crippen LogP contribution in [-0.2, 0) is 31.9 Å². The molecule has 0 spiro atoms. The number of methoxy groups -OCH3 is 1. The summed E-state index contributed by atoms with van der Waals surface area (Å²) in [4.78, 5) is 41.8. The Bertz CT molecular complexity index is 1430. The van der Waals surface area contributed by atoms with Gasteiger partial charge in [-0.25, -0.2) is 9.59 Å². The summed E-state index contributed by atoms with van der Waals surface area (Å²) in [5.74, 6) is 0.805. The lowest BCUT2D eigenvalue weighted by atomic mass is 10.0. The minimum absolute atomic E-state index is 0.0287. The summed E-state index contributed by atoms with van der Waals surface area (Å²) in [6, 6.07) is 24.9. The molecule has 0 radical (unpaired) electrons. The van der Waals surface area contributed by atoms with E-state index in [-0.39, 0.29) is 18.0 Å². The number of aryl methyl sites for hydroxylation is 1. The average Bonchev–Trinajstić information content (AvgIpc) is 2.99. The Morgan fingerprint density at radius 2 is 1.56 bits per heavy atom. The van der Waals surface area contributed by atoms with E-state index in [1.807, 2.05) is 105 Å². The van der Waals surface area contributed by atoms with E-state index in [4.69, 9.17) is 14.2 Å². The molecule has 1 fully saturated rings. The van der Waals surface area contributed by atoms with Crippen LogP contribution in [0.15, 0.2) is 84.9 Å². The molecule has 2 amide bonds. The Morgan fingerprint density at radius 3 is 2.28 bits per heavy atom. The number of piperazine rings is 1. The molecule has 0 saturated carbocycles. The van der Waals surface area contributed by atoms with Gasteiger partial charge in [0.25, 0.3) is 0 Å². The summed E-state index contributed by atoms with van der Waals surface area (Å²) >= 11 is 0. The fourth-order valence-electron chi connectivity index (χ4n) is 4.99. The van der Waals surface area contributed by atoms with Gasteiger partial charge in [0.2, 0.25) is 5.91 Å². The number of hydrogen-bond acceptors (Lipinski definition) is 6. The fourth-order valence-corrected chi connectivity index (χ4v) is 4.99. The smallest absolute Gasteiger partial charge is 0.410 e. The summed E-state index contributed by atoms with van der Waals surface area (Å²) in [5.41, 5.74) is 2.14. The summed E-state index contributed by atoms with van der Waals surface area (Å²) in [7, 11) is 1.33. The summed E-state index contributed by atoms with van der Waals surface area (Å²) in [5, 5.41) is 0. The van der Waals surface area contributed by atoms with Gasteiger partial charge in [0.1, 0.15) is 17.1 Å². The van der Waals surface area contributed by atoms with E-state index in [1.54, 1.807) is 11.0 Å². The number of hydrogen-bond donors (Lipinski definition) is 0. The van der Waals surface area contributed by atoms with Crippen LogP contribution in [-0.4, -0.2) is 66.2 Å². The Balaban J connectivity index is 1.47. The third kappa shape index (κ3) is 9.20. The normalized spacial score (nSPS) is 15.3. The largest absolute Gasteiger partial charge is 0.466 e. The van der Waals surface area contributed by atoms with Crippen molar-refractivity contribution in [2.45, 2.75) is 51.7 Å². The molecule has 4 rings (SSSR count). The molecule has 0 aliphatic carbocycles. The highest BCUT2D eigenvalue weighted by Gasteiger charge is 2.34. The van der Waals surface area contributed by atoms with Gasteiger partial charge in [0.05, 0.1) is 13.2 Å². The minimum Gasteiger partial charge on any atom is -0.466 e. The van der Waals surface area contributed by atoms with Crippen molar-refractivity contribution in [3.63, 3.8) is 0 Å². The molecule has 0 bridgehead atoms. The lowest BCUT2D eigenvalue weighted by Crippen LogP contribution is -2.57. The zero-order chi connectivity index (χ0) is 30.8. The zero-order valence-corrected chi connectivity index (χ0v) is 25.3. The topological polar surface area (TPSA) is 85.4 Å². The molecule has 1 heterocycles. The van der Waals surface area contributed by atoms with Gasteiger partial charge in [-0.1, -0.05) is 66.7 Å². The van der Waals surface area contributed by atoms with E-state index in [2.05, 4.69) is 0 Å². The number of ether oxygens (including phenoxy) is 3. The highest BCUT2D eigenvalue weighted by atomic mass is 16.6. The quantitative estimate of drug-likeness (QED) is 0.217. The summed E-state index contributed by atoms with van der Waals surface area (Å²) in [6.07, 6.45) is 4.06. The van der Waals surface area contributed by atoms with Gasteiger partial charge in [-0.2, -0.15) is 0 Å². The van der Waals surface area contributed by atoms with Gasteiger partial charge < -0.3 is 24.0 Å². The lowest BCUT2D eigenvalue weighted by molar-refractivity contribution is -0.136. The standard InChI is InChI=1S/C35H40N2O6/c1-35(2,3)43-34(40)36-22-23-37(29(25-36)24-26-12-6-5-7-13-26)32(38)20-18-27-14-8-10-16-30(27)42-31-17-11-9-15-28(31)19-21-33(39)41-4/h5-17,19,21,29H,18,20,22-25H2,1-4H3/b21-19+/t29-/m1/s1. The maximum Gasteiger partial charge on any atom is 0.410 e. The number of esters is 1. The van der Waals surface area contributed by atoms with Gasteiger partial charge in [0, 0.05) is 37.7 Å². The molecule has 3 aromatic carbocycles. The number of benzene rings is 3. The van der Waals surface area contributed by atoms with Crippen molar-refractivity contribution < 1.29 is 28.6 Å². The van der Waals surface area contributed by atoms with Gasteiger partial charge in [-0.3, -0.25) is 4.79 Å². The Labute approximate surface area is 253 Å². The molecule has 1 aliphatic heterocycles. The molecule has 8 heteroatoms. The predicted molar refractivity (Wildman–Crippen MR) is 166 cm³/mol. The van der Waals surface area contributed by atoms with Crippen LogP contribution in [0.3, 0.4) is 0 Å². The van der Waals surface area contributed by atoms with Gasteiger partial charge in [-0.15, -0.1) is 0 Å². The van der Waals surface area contributed by atoms with Gasteiger partial charge >= 0.3 is 12.1 Å². The highest BCUT2D eigenvalue weighted by molar-refractivity contribution is 5.87. The average molecular weight is 585 g/mol. The van der Waals surface area contributed by atoms with Crippen LogP contribution in [0.1, 0.15) is 43.9 Å². The second kappa shape index (κ2) is 14.5. The molecule has 43 heavy (non-hydrogen) atoms. The third-order valence-electron chi connectivity index (χ3n) is 7.09. The molecule has 8 nitrogen and oxygen atoms in total. The SMILES string of the molecule is COC(=O)/C=C/c1ccccc1Oc1ccccc1CCC(=O)N1CCN(C(=O)OC(C)(C)C)C[C@H]1Cc1ccccc1. The molecule has 1 aliphatic rings. The predicted octanol–water partition coefficient (Wildman–Crippen LogP) is 6.29. The number of carbonyl (C=O) groups is 3. The van der Waals surface area contributed by atoms with Gasteiger partial charge in [-0.05, 0) is 62.9 Å². The Hall–Kier alpha value is -4.59. The second-order valence-corrected chi connectivity index (χ2v) is 11.5. The van der Waals surface area contributed by atoms with E-state index in [9.17, 15) is 14.4 Å². The van der Waals surface area contributed by atoms with Crippen LogP contribution < -0.4 is 4.74 Å². The summed E-state index contributed by atoms with van der Waals surface area (Å²) < 4.78 is 16.6. The van der Waals surface area contributed by atoms with E-state index in [0.717, 1.165) is 16.7 Å². The van der Waals surface area contributed by atoms with Crippen LogP contribution in [0.2, 0.25) is 0 Å². The maximum absolute atomic E-state index is 13.7. The van der Waals surface area contributed by atoms with Crippen molar-refractivity contribution in [2.24, 2.45) is 0 Å². The molecule has 3 aromatic rings. The van der Waals surface area contributed by atoms with Crippen LogP contribution in [0.4, 0.5) is 4.79 Å². The van der Waals surface area contributed by atoms with Crippen LogP contribution in [0, 0.1) is 0 Å². The number of rotatable bonds is 9. The lowest BCUT2D eigenvalue weighted by Gasteiger charge is -2.42. The molecular formula is C35H40N2O6. The van der Waals surface area contributed by atoms with Crippen molar-refractivity contribution in [1.29, 1.82) is 0 Å². The van der Waals surface area contributed by atoms with E-state index in [1.165, 1.54) is 13.2 Å². The molecule has 0 aromatic heterocycles. The van der Waals surface area contributed by atoms with Crippen molar-refractivity contribution >= 4 is 24.0 Å². The Morgan fingerprint density at radius 1 is 0.884 bits per heavy atom. The Kier molecular flexibility index (Phi) is 10.6. The molecule has 1 saturated heterocycles. The van der Waals surface area contributed by atoms with Crippen molar-refractivity contribution in [1.82, 2.24) is 9.80 Å². The summed E-state index contributed by atoms with van der Waals surface area (Å²) in [6.45, 7) is 6.82. The number of carbonyl (C=O) groups excluding carboxylic acids is 3. The molecule has 226 valence electrons. The van der Waals surface area contributed by atoms with Crippen molar-refractivity contribution in [2.75, 3.05) is 26.7 Å². The highest BCUT2D eigenvalue weighted by Crippen LogP contribution is 2.30. The first-order valence-electron chi connectivity index (χ1n) is 14.5. The first-order chi connectivity index (χ1) is 20.6. The molecular weight excluding hydrogens is 544 g/mol. The number of para-hydroxylation sites is 2. The van der Waals surface area contributed by atoms with E-state index in [0.29, 0.717) is 50.4 Å². The number of amides is 2. The van der Waals surface area contributed by atoms with Crippen LogP contribution in [0.25, 0.3) is 6.08 Å². The monoisotopic (exact) mass is 584 g/mol. The van der Waals surface area contributed by atoms with Gasteiger partial charge in [0.15, 0.2) is 0 Å². The van der Waals surface area contributed by atoms with Crippen molar-refractivity contribution in [3.05, 3.63) is 102 Å².